The molecule has 0 bridgehead atoms. The molecule has 0 unspecified atom stereocenters. The van der Waals surface area contributed by atoms with Gasteiger partial charge >= 0.3 is 0 Å². The molecule has 0 amide bonds. The van der Waals surface area contributed by atoms with E-state index in [0.29, 0.717) is 5.75 Å². The molecule has 0 radical (unpaired) electrons. The molecule has 0 saturated heterocycles. The monoisotopic (exact) mass is 265 g/mol. The van der Waals surface area contributed by atoms with Crippen molar-refractivity contribution in [2.75, 3.05) is 29.5 Å². The predicted octanol–water partition coefficient (Wildman–Crippen LogP) is 3.86. The smallest absolute Gasteiger partial charge is 0.172 e. The van der Waals surface area contributed by atoms with E-state index in [1.807, 2.05) is 24.3 Å². The molecule has 18 heavy (non-hydrogen) atoms. The highest BCUT2D eigenvalue weighted by Crippen LogP contribution is 2.16. The summed E-state index contributed by atoms with van der Waals surface area (Å²) in [6.07, 6.45) is 1.12. The lowest BCUT2D eigenvalue weighted by atomic mass is 10.1. The van der Waals surface area contributed by atoms with Crippen LogP contribution in [0.1, 0.15) is 37.6 Å². The molecule has 0 aliphatic heterocycles. The SMILES string of the molecule is CCCSCC(=O)c1ccc(N(CC)CC)cc1. The number of Topliss-reactive ketones (excluding diaryl/α,β-unsaturated/α-hetero) is 1. The maximum Gasteiger partial charge on any atom is 0.172 e. The van der Waals surface area contributed by atoms with Crippen molar-refractivity contribution in [2.45, 2.75) is 27.2 Å². The van der Waals surface area contributed by atoms with Crippen molar-refractivity contribution in [3.63, 3.8) is 0 Å². The highest BCUT2D eigenvalue weighted by molar-refractivity contribution is 7.99. The van der Waals surface area contributed by atoms with Crippen molar-refractivity contribution in [3.05, 3.63) is 29.8 Å². The standard InChI is InChI=1S/C15H23NOS/c1-4-11-18-12-15(17)13-7-9-14(10-8-13)16(5-2)6-3/h7-10H,4-6,11-12H2,1-3H3. The van der Waals surface area contributed by atoms with Crippen LogP contribution in [-0.4, -0.2) is 30.4 Å². The fraction of sp³-hybridized carbons (Fsp3) is 0.533. The molecular formula is C15H23NOS. The molecule has 1 aromatic carbocycles. The lowest BCUT2D eigenvalue weighted by Gasteiger charge is -2.20. The number of rotatable bonds is 8. The molecule has 0 atom stereocenters. The minimum atomic E-state index is 0.236. The van der Waals surface area contributed by atoms with Crippen LogP contribution >= 0.6 is 11.8 Å². The average Bonchev–Trinajstić information content (AvgIpc) is 2.41. The van der Waals surface area contributed by atoms with Crippen LogP contribution in [0.3, 0.4) is 0 Å². The Morgan fingerprint density at radius 2 is 1.72 bits per heavy atom. The first-order valence-corrected chi connectivity index (χ1v) is 7.84. The fourth-order valence-electron chi connectivity index (χ4n) is 1.84. The van der Waals surface area contributed by atoms with Gasteiger partial charge in [-0.3, -0.25) is 4.79 Å². The molecular weight excluding hydrogens is 242 g/mol. The van der Waals surface area contributed by atoms with E-state index in [1.165, 1.54) is 5.69 Å². The average molecular weight is 265 g/mol. The Morgan fingerprint density at radius 3 is 2.22 bits per heavy atom. The van der Waals surface area contributed by atoms with Crippen molar-refractivity contribution in [3.8, 4) is 0 Å². The minimum absolute atomic E-state index is 0.236. The maximum atomic E-state index is 11.9. The first-order chi connectivity index (χ1) is 8.72. The Labute approximate surface area is 115 Å². The molecule has 1 aromatic rings. The van der Waals surface area contributed by atoms with Crippen LogP contribution < -0.4 is 4.90 Å². The highest BCUT2D eigenvalue weighted by Gasteiger charge is 2.07. The normalized spacial score (nSPS) is 10.4. The Bertz CT molecular complexity index is 357. The van der Waals surface area contributed by atoms with Gasteiger partial charge in [0.2, 0.25) is 0 Å². The van der Waals surface area contributed by atoms with E-state index in [-0.39, 0.29) is 5.78 Å². The number of ketones is 1. The molecule has 1 rings (SSSR count). The zero-order chi connectivity index (χ0) is 13.4. The van der Waals surface area contributed by atoms with E-state index in [4.69, 9.17) is 0 Å². The van der Waals surface area contributed by atoms with Gasteiger partial charge < -0.3 is 4.90 Å². The minimum Gasteiger partial charge on any atom is -0.372 e. The summed E-state index contributed by atoms with van der Waals surface area (Å²) in [5.41, 5.74) is 2.02. The third kappa shape index (κ3) is 4.37. The lowest BCUT2D eigenvalue weighted by Crippen LogP contribution is -2.21. The fourth-order valence-corrected chi connectivity index (χ4v) is 2.62. The zero-order valence-corrected chi connectivity index (χ0v) is 12.4. The summed E-state index contributed by atoms with van der Waals surface area (Å²) in [7, 11) is 0. The van der Waals surface area contributed by atoms with E-state index in [9.17, 15) is 4.79 Å². The number of carbonyl (C=O) groups excluding carboxylic acids is 1. The van der Waals surface area contributed by atoms with Crippen molar-refractivity contribution < 1.29 is 4.79 Å². The zero-order valence-electron chi connectivity index (χ0n) is 11.6. The Morgan fingerprint density at radius 1 is 1.11 bits per heavy atom. The van der Waals surface area contributed by atoms with Gasteiger partial charge in [-0.15, -0.1) is 0 Å². The number of hydrogen-bond acceptors (Lipinski definition) is 3. The molecule has 0 saturated carbocycles. The summed E-state index contributed by atoms with van der Waals surface area (Å²) in [5, 5.41) is 0. The van der Waals surface area contributed by atoms with Gasteiger partial charge in [0.25, 0.3) is 0 Å². The lowest BCUT2D eigenvalue weighted by molar-refractivity contribution is 0.102. The number of anilines is 1. The van der Waals surface area contributed by atoms with Gasteiger partial charge in [-0.2, -0.15) is 11.8 Å². The molecule has 0 aromatic heterocycles. The second kappa shape index (κ2) is 8.20. The van der Waals surface area contributed by atoms with Crippen molar-refractivity contribution in [1.29, 1.82) is 0 Å². The number of benzene rings is 1. The molecule has 0 spiro atoms. The van der Waals surface area contributed by atoms with Crippen molar-refractivity contribution >= 4 is 23.2 Å². The molecule has 0 N–H and O–H groups in total. The number of nitrogens with zero attached hydrogens (tertiary/aromatic N) is 1. The molecule has 0 aliphatic rings. The summed E-state index contributed by atoms with van der Waals surface area (Å²) in [5.74, 6) is 1.89. The maximum absolute atomic E-state index is 11.9. The molecule has 3 heteroatoms. The highest BCUT2D eigenvalue weighted by atomic mass is 32.2. The van der Waals surface area contributed by atoms with Crippen LogP contribution in [0.4, 0.5) is 5.69 Å². The molecule has 0 aliphatic carbocycles. The van der Waals surface area contributed by atoms with Crippen molar-refractivity contribution in [1.82, 2.24) is 0 Å². The predicted molar refractivity (Wildman–Crippen MR) is 81.9 cm³/mol. The topological polar surface area (TPSA) is 20.3 Å². The van der Waals surface area contributed by atoms with Gasteiger partial charge in [-0.1, -0.05) is 6.92 Å². The number of thioether (sulfide) groups is 1. The molecule has 100 valence electrons. The third-order valence-corrected chi connectivity index (χ3v) is 4.06. The summed E-state index contributed by atoms with van der Waals surface area (Å²) < 4.78 is 0. The first-order valence-electron chi connectivity index (χ1n) is 6.68. The van der Waals surface area contributed by atoms with Crippen LogP contribution in [0.25, 0.3) is 0 Å². The van der Waals surface area contributed by atoms with E-state index in [1.54, 1.807) is 11.8 Å². The molecule has 0 heterocycles. The molecule has 2 nitrogen and oxygen atoms in total. The second-order valence-corrected chi connectivity index (χ2v) is 5.30. The van der Waals surface area contributed by atoms with Gasteiger partial charge in [0, 0.05) is 24.3 Å². The van der Waals surface area contributed by atoms with Gasteiger partial charge in [0.1, 0.15) is 0 Å². The van der Waals surface area contributed by atoms with Gasteiger partial charge in [0.05, 0.1) is 5.75 Å². The Kier molecular flexibility index (Phi) is 6.88. The van der Waals surface area contributed by atoms with Crippen LogP contribution in [0.5, 0.6) is 0 Å². The van der Waals surface area contributed by atoms with E-state index >= 15 is 0 Å². The van der Waals surface area contributed by atoms with E-state index in [0.717, 1.165) is 30.8 Å². The first kappa shape index (κ1) is 15.1. The summed E-state index contributed by atoms with van der Waals surface area (Å²) >= 11 is 1.72. The van der Waals surface area contributed by atoms with E-state index < -0.39 is 0 Å². The summed E-state index contributed by atoms with van der Waals surface area (Å²) in [6, 6.07) is 7.99. The second-order valence-electron chi connectivity index (χ2n) is 4.19. The van der Waals surface area contributed by atoms with Crippen LogP contribution in [0, 0.1) is 0 Å². The number of carbonyl (C=O) groups is 1. The Hall–Kier alpha value is -0.960. The summed E-state index contributed by atoms with van der Waals surface area (Å²) in [4.78, 5) is 14.2. The number of hydrogen-bond donors (Lipinski definition) is 0. The van der Waals surface area contributed by atoms with Crippen LogP contribution in [0.2, 0.25) is 0 Å². The van der Waals surface area contributed by atoms with Gasteiger partial charge in [-0.25, -0.2) is 0 Å². The summed E-state index contributed by atoms with van der Waals surface area (Å²) in [6.45, 7) is 8.41. The van der Waals surface area contributed by atoms with Crippen molar-refractivity contribution in [2.24, 2.45) is 0 Å². The Balaban J connectivity index is 2.61. The van der Waals surface area contributed by atoms with Crippen LogP contribution in [0.15, 0.2) is 24.3 Å². The largest absolute Gasteiger partial charge is 0.372 e. The van der Waals surface area contributed by atoms with Gasteiger partial charge in [-0.05, 0) is 50.3 Å². The quantitative estimate of drug-likeness (QED) is 0.526. The third-order valence-electron chi connectivity index (χ3n) is 2.90. The van der Waals surface area contributed by atoms with Gasteiger partial charge in [0.15, 0.2) is 5.78 Å². The van der Waals surface area contributed by atoms with Crippen LogP contribution in [-0.2, 0) is 0 Å². The van der Waals surface area contributed by atoms with E-state index in [2.05, 4.69) is 25.7 Å². The molecule has 0 fully saturated rings.